The molecule has 2 heteroatoms. The van der Waals surface area contributed by atoms with Gasteiger partial charge >= 0.3 is 0 Å². The summed E-state index contributed by atoms with van der Waals surface area (Å²) < 4.78 is 1.11. The molecule has 2 nitrogen and oxygen atoms in total. The van der Waals surface area contributed by atoms with E-state index < -0.39 is 0 Å². The summed E-state index contributed by atoms with van der Waals surface area (Å²) >= 11 is 0. The maximum atomic E-state index is 4.71. The molecule has 2 aliphatic carbocycles. The van der Waals surface area contributed by atoms with Crippen molar-refractivity contribution in [3.63, 3.8) is 0 Å². The summed E-state index contributed by atoms with van der Waals surface area (Å²) in [7, 11) is 0. The lowest BCUT2D eigenvalue weighted by molar-refractivity contribution is -0.837. The van der Waals surface area contributed by atoms with Gasteiger partial charge in [-0.1, -0.05) is 89.9 Å². The van der Waals surface area contributed by atoms with Gasteiger partial charge in [0.25, 0.3) is 0 Å². The van der Waals surface area contributed by atoms with E-state index in [1.165, 1.54) is 141 Å². The Kier molecular flexibility index (Phi) is 10.8. The molecule has 0 aromatic heterocycles. The molecule has 3 rings (SSSR count). The molecule has 0 unspecified atom stereocenters. The van der Waals surface area contributed by atoms with Crippen molar-refractivity contribution < 1.29 is 4.48 Å². The Bertz CT molecular complexity index is 413. The van der Waals surface area contributed by atoms with Gasteiger partial charge in [-0.15, -0.1) is 0 Å². The molecular weight excluding hydrogens is 352 g/mol. The number of quaternary nitrogens is 1. The summed E-state index contributed by atoms with van der Waals surface area (Å²) in [5.74, 6) is 0. The van der Waals surface area contributed by atoms with Gasteiger partial charge in [0.1, 0.15) is 6.20 Å². The summed E-state index contributed by atoms with van der Waals surface area (Å²) in [6.45, 7) is 0. The smallest absolute Gasteiger partial charge is 0.195 e. The topological polar surface area (TPSA) is 12.4 Å². The molecule has 1 aliphatic heterocycles. The summed E-state index contributed by atoms with van der Waals surface area (Å²) in [6, 6.07) is 1.55. The maximum absolute atomic E-state index is 4.71. The van der Waals surface area contributed by atoms with Gasteiger partial charge in [0.05, 0.1) is 18.3 Å². The molecule has 0 atom stereocenters. The van der Waals surface area contributed by atoms with E-state index in [0.717, 1.165) is 16.6 Å². The Morgan fingerprint density at radius 3 is 1.03 bits per heavy atom. The highest BCUT2D eigenvalue weighted by Gasteiger charge is 2.42. The zero-order valence-electron chi connectivity index (χ0n) is 19.3. The van der Waals surface area contributed by atoms with Gasteiger partial charge in [-0.05, 0) is 25.7 Å². The molecule has 0 radical (unpaired) electrons. The molecule has 0 spiro atoms. The van der Waals surface area contributed by atoms with Crippen molar-refractivity contribution in [1.29, 1.82) is 0 Å². The first-order valence-corrected chi connectivity index (χ1v) is 13.5. The first-order chi connectivity index (χ1) is 14.4. The average Bonchev–Trinajstić information content (AvgIpc) is 3.20. The third-order valence-corrected chi connectivity index (χ3v) is 8.09. The van der Waals surface area contributed by atoms with Crippen LogP contribution in [0.5, 0.6) is 0 Å². The van der Waals surface area contributed by atoms with Gasteiger partial charge in [-0.2, -0.15) is 0 Å². The number of hydrogen-bond donors (Lipinski definition) is 0. The molecule has 29 heavy (non-hydrogen) atoms. The highest BCUT2D eigenvalue weighted by molar-refractivity contribution is 5.51. The van der Waals surface area contributed by atoms with Crippen LogP contribution in [0.15, 0.2) is 17.4 Å². The van der Waals surface area contributed by atoms with Crippen molar-refractivity contribution in [2.24, 2.45) is 4.99 Å². The van der Waals surface area contributed by atoms with Crippen molar-refractivity contribution in [2.45, 2.75) is 153 Å². The minimum Gasteiger partial charge on any atom is -0.249 e. The quantitative estimate of drug-likeness (QED) is 0.410. The number of aliphatic imine (C=N–C) groups is 1. The highest BCUT2D eigenvalue weighted by Crippen LogP contribution is 2.35. The SMILES string of the molecule is C1=C[N+](C2CCCCCCCCCCC2)(C2CCCCCCCCCCC2)C=N1. The van der Waals surface area contributed by atoms with Gasteiger partial charge < -0.3 is 0 Å². The molecule has 0 saturated heterocycles. The first-order valence-electron chi connectivity index (χ1n) is 13.5. The third kappa shape index (κ3) is 7.53. The van der Waals surface area contributed by atoms with Gasteiger partial charge in [0, 0.05) is 25.7 Å². The Labute approximate surface area is 181 Å². The molecule has 0 aromatic carbocycles. The van der Waals surface area contributed by atoms with Crippen LogP contribution in [0.2, 0.25) is 0 Å². The predicted molar refractivity (Wildman–Crippen MR) is 127 cm³/mol. The third-order valence-electron chi connectivity index (χ3n) is 8.09. The number of nitrogens with zero attached hydrogens (tertiary/aromatic N) is 2. The summed E-state index contributed by atoms with van der Waals surface area (Å²) in [5, 5.41) is 0. The van der Waals surface area contributed by atoms with E-state index in [0.29, 0.717) is 0 Å². The van der Waals surface area contributed by atoms with Crippen molar-refractivity contribution in [2.75, 3.05) is 0 Å². The molecule has 0 bridgehead atoms. The van der Waals surface area contributed by atoms with E-state index >= 15 is 0 Å². The standard InChI is InChI=1S/C27H49N2/c1-3-7-11-15-19-26(20-16-12-8-4-1)29(24-23-28-25-29)27-21-17-13-9-5-2-6-10-14-18-22-27/h23-27H,1-22H2/q+1. The summed E-state index contributed by atoms with van der Waals surface area (Å²) in [6.07, 6.45) is 38.8. The minimum atomic E-state index is 0.773. The Morgan fingerprint density at radius 1 is 0.448 bits per heavy atom. The van der Waals surface area contributed by atoms with Crippen LogP contribution in [0.4, 0.5) is 0 Å². The lowest BCUT2D eigenvalue weighted by atomic mass is 9.90. The minimum absolute atomic E-state index is 0.773. The Morgan fingerprint density at radius 2 is 0.759 bits per heavy atom. The van der Waals surface area contributed by atoms with Crippen molar-refractivity contribution in [3.8, 4) is 0 Å². The largest absolute Gasteiger partial charge is 0.249 e. The summed E-state index contributed by atoms with van der Waals surface area (Å²) in [5.41, 5.74) is 0. The molecular formula is C27H49N2+. The zero-order chi connectivity index (χ0) is 20.0. The summed E-state index contributed by atoms with van der Waals surface area (Å²) in [4.78, 5) is 4.71. The Hall–Kier alpha value is -0.630. The first kappa shape index (κ1) is 23.0. The lowest BCUT2D eigenvalue weighted by Crippen LogP contribution is -2.56. The molecule has 166 valence electrons. The van der Waals surface area contributed by atoms with Crippen molar-refractivity contribution in [1.82, 2.24) is 0 Å². The molecule has 3 aliphatic rings. The fourth-order valence-electron chi connectivity index (χ4n) is 6.25. The van der Waals surface area contributed by atoms with E-state index in [2.05, 4.69) is 18.7 Å². The zero-order valence-corrected chi connectivity index (χ0v) is 19.3. The maximum Gasteiger partial charge on any atom is 0.195 e. The van der Waals surface area contributed by atoms with Crippen LogP contribution >= 0.6 is 0 Å². The molecule has 2 saturated carbocycles. The second-order valence-electron chi connectivity index (χ2n) is 10.3. The van der Waals surface area contributed by atoms with E-state index in [4.69, 9.17) is 4.99 Å². The highest BCUT2D eigenvalue weighted by atomic mass is 15.4. The fourth-order valence-corrected chi connectivity index (χ4v) is 6.25. The second-order valence-corrected chi connectivity index (χ2v) is 10.3. The van der Waals surface area contributed by atoms with E-state index in [1.807, 2.05) is 0 Å². The monoisotopic (exact) mass is 401 g/mol. The van der Waals surface area contributed by atoms with E-state index in [1.54, 1.807) is 0 Å². The molecule has 1 heterocycles. The van der Waals surface area contributed by atoms with Crippen LogP contribution in [0.1, 0.15) is 141 Å². The van der Waals surface area contributed by atoms with Crippen LogP contribution in [0.3, 0.4) is 0 Å². The number of hydrogen-bond acceptors (Lipinski definition) is 1. The Balaban J connectivity index is 1.69. The van der Waals surface area contributed by atoms with Gasteiger partial charge in [-0.3, -0.25) is 0 Å². The molecule has 0 aromatic rings. The van der Waals surface area contributed by atoms with Crippen LogP contribution in [-0.2, 0) is 0 Å². The molecule has 0 N–H and O–H groups in total. The lowest BCUT2D eigenvalue weighted by Gasteiger charge is -2.43. The van der Waals surface area contributed by atoms with Crippen molar-refractivity contribution >= 4 is 6.34 Å². The number of rotatable bonds is 2. The van der Waals surface area contributed by atoms with E-state index in [9.17, 15) is 0 Å². The second kappa shape index (κ2) is 13.6. The van der Waals surface area contributed by atoms with Crippen LogP contribution in [0.25, 0.3) is 0 Å². The van der Waals surface area contributed by atoms with Gasteiger partial charge in [0.2, 0.25) is 0 Å². The average molecular weight is 402 g/mol. The van der Waals surface area contributed by atoms with Gasteiger partial charge in [-0.25, -0.2) is 9.48 Å². The normalized spacial score (nSPS) is 27.4. The van der Waals surface area contributed by atoms with Crippen LogP contribution in [-0.4, -0.2) is 22.9 Å². The molecule has 2 fully saturated rings. The van der Waals surface area contributed by atoms with Crippen LogP contribution in [0, 0.1) is 0 Å². The fraction of sp³-hybridized carbons (Fsp3) is 0.889. The van der Waals surface area contributed by atoms with Crippen molar-refractivity contribution in [3.05, 3.63) is 12.4 Å². The van der Waals surface area contributed by atoms with E-state index in [-0.39, 0.29) is 0 Å². The van der Waals surface area contributed by atoms with Crippen LogP contribution < -0.4 is 0 Å². The molecule has 0 amide bonds. The van der Waals surface area contributed by atoms with Gasteiger partial charge in [0.15, 0.2) is 6.34 Å². The predicted octanol–water partition coefficient (Wildman–Crippen LogP) is 8.66.